The molecule has 1 unspecified atom stereocenters. The van der Waals surface area contributed by atoms with Gasteiger partial charge in [0.1, 0.15) is 11.2 Å². The van der Waals surface area contributed by atoms with E-state index in [2.05, 4.69) is 4.74 Å². The van der Waals surface area contributed by atoms with Crippen LogP contribution in [0.5, 0.6) is 0 Å². The number of Topliss-reactive ketones (excluding diaryl/α,β-unsaturated/α-hetero) is 1. The number of benzene rings is 2. The molecule has 1 atom stereocenters. The number of esters is 1. The molecule has 2 aromatic rings. The number of nitrogens with two attached hydrogens (primary N) is 1. The summed E-state index contributed by atoms with van der Waals surface area (Å²) in [7, 11) is -2.55. The smallest absolute Gasteiger partial charge is 0.305 e. The van der Waals surface area contributed by atoms with Crippen LogP contribution in [0.25, 0.3) is 0 Å². The van der Waals surface area contributed by atoms with Gasteiger partial charge in [0, 0.05) is 18.4 Å². The molecule has 0 fully saturated rings. The Labute approximate surface area is 157 Å². The van der Waals surface area contributed by atoms with Crippen LogP contribution in [-0.4, -0.2) is 32.7 Å². The van der Waals surface area contributed by atoms with E-state index in [1.54, 1.807) is 24.3 Å². The number of carbonyl (C=O) groups excluding carboxylic acids is 2. The largest absolute Gasteiger partial charge is 0.469 e. The normalized spacial score (nSPS) is 12.4. The molecular formula is C19H20FNO5S. The number of sulfone groups is 1. The Balaban J connectivity index is 2.04. The molecule has 0 aliphatic heterocycles. The zero-order valence-electron chi connectivity index (χ0n) is 14.7. The second kappa shape index (κ2) is 8.88. The fourth-order valence-corrected chi connectivity index (χ4v) is 3.71. The second-order valence-corrected chi connectivity index (χ2v) is 8.10. The molecule has 0 spiro atoms. The van der Waals surface area contributed by atoms with Crippen molar-refractivity contribution in [3.8, 4) is 0 Å². The van der Waals surface area contributed by atoms with Crippen LogP contribution in [0.2, 0.25) is 0 Å². The fourth-order valence-electron chi connectivity index (χ4n) is 2.43. The Morgan fingerprint density at radius 2 is 1.63 bits per heavy atom. The molecule has 0 aromatic heterocycles. The molecule has 27 heavy (non-hydrogen) atoms. The molecule has 0 radical (unpaired) electrons. The maximum Gasteiger partial charge on any atom is 0.305 e. The number of rotatable bonds is 8. The molecular weight excluding hydrogens is 373 g/mol. The van der Waals surface area contributed by atoms with Gasteiger partial charge in [-0.25, -0.2) is 12.8 Å². The summed E-state index contributed by atoms with van der Waals surface area (Å²) in [5.41, 5.74) is 6.90. The first-order valence-corrected chi connectivity index (χ1v) is 9.72. The third kappa shape index (κ3) is 5.45. The minimum Gasteiger partial charge on any atom is -0.469 e. The number of hydrogen-bond acceptors (Lipinski definition) is 6. The topological polar surface area (TPSA) is 104 Å². The van der Waals surface area contributed by atoms with Crippen molar-refractivity contribution in [1.29, 1.82) is 0 Å². The van der Waals surface area contributed by atoms with Gasteiger partial charge < -0.3 is 10.5 Å². The summed E-state index contributed by atoms with van der Waals surface area (Å²) in [6.07, 6.45) is 0.0681. The Bertz CT molecular complexity index is 908. The van der Waals surface area contributed by atoms with Gasteiger partial charge in [-0.05, 0) is 29.8 Å². The van der Waals surface area contributed by atoms with E-state index in [1.807, 2.05) is 0 Å². The molecule has 8 heteroatoms. The molecule has 2 aromatic carbocycles. The quantitative estimate of drug-likeness (QED) is 0.419. The van der Waals surface area contributed by atoms with Gasteiger partial charge >= 0.3 is 5.97 Å². The molecule has 0 heterocycles. The predicted octanol–water partition coefficient (Wildman–Crippen LogP) is 2.26. The van der Waals surface area contributed by atoms with Crippen LogP contribution >= 0.6 is 0 Å². The maximum atomic E-state index is 13.0. The van der Waals surface area contributed by atoms with Gasteiger partial charge in [0.2, 0.25) is 0 Å². The molecule has 6 nitrogen and oxygen atoms in total. The lowest BCUT2D eigenvalue weighted by atomic mass is 10.0. The molecule has 0 bridgehead atoms. The highest BCUT2D eigenvalue weighted by atomic mass is 32.2. The number of carbonyl (C=O) groups is 2. The van der Waals surface area contributed by atoms with Crippen LogP contribution in [0.15, 0.2) is 53.4 Å². The van der Waals surface area contributed by atoms with Gasteiger partial charge in [0.25, 0.3) is 0 Å². The van der Waals surface area contributed by atoms with Crippen LogP contribution < -0.4 is 5.73 Å². The van der Waals surface area contributed by atoms with Crippen LogP contribution in [0, 0.1) is 5.82 Å². The first-order chi connectivity index (χ1) is 12.7. The first-order valence-electron chi connectivity index (χ1n) is 8.18. The van der Waals surface area contributed by atoms with Crippen LogP contribution in [0.4, 0.5) is 4.39 Å². The lowest BCUT2D eigenvalue weighted by molar-refractivity contribution is -0.140. The molecule has 0 aliphatic rings. The van der Waals surface area contributed by atoms with Crippen molar-refractivity contribution in [2.24, 2.45) is 5.73 Å². The van der Waals surface area contributed by atoms with Crippen molar-refractivity contribution in [2.45, 2.75) is 29.5 Å². The summed E-state index contributed by atoms with van der Waals surface area (Å²) in [5.74, 6) is -1.21. The standard InChI is InChI=1S/C19H20FNO5S/c1-26-19(23)11-10-17(22)14-4-2-13(3-5-14)12-18(21)27(24,25)16-8-6-15(20)7-9-16/h2-9,18H,10-12,21H2,1H3. The molecule has 2 rings (SSSR count). The summed E-state index contributed by atoms with van der Waals surface area (Å²) in [6, 6.07) is 10.8. The molecule has 144 valence electrons. The Morgan fingerprint density at radius 1 is 1.04 bits per heavy atom. The highest BCUT2D eigenvalue weighted by Crippen LogP contribution is 2.18. The lowest BCUT2D eigenvalue weighted by Crippen LogP contribution is -2.32. The molecule has 0 saturated carbocycles. The van der Waals surface area contributed by atoms with Crippen LogP contribution in [0.3, 0.4) is 0 Å². The number of methoxy groups -OCH3 is 1. The highest BCUT2D eigenvalue weighted by molar-refractivity contribution is 7.92. The van der Waals surface area contributed by atoms with Gasteiger partial charge in [0.05, 0.1) is 18.4 Å². The summed E-state index contributed by atoms with van der Waals surface area (Å²) >= 11 is 0. The summed E-state index contributed by atoms with van der Waals surface area (Å²) in [5, 5.41) is -1.20. The van der Waals surface area contributed by atoms with Gasteiger partial charge in [-0.3, -0.25) is 9.59 Å². The SMILES string of the molecule is COC(=O)CCC(=O)c1ccc(CC(N)S(=O)(=O)c2ccc(F)cc2)cc1. The minimum absolute atomic E-state index is 0.00211. The molecule has 0 saturated heterocycles. The maximum absolute atomic E-state index is 13.0. The van der Waals surface area contributed by atoms with Crippen molar-refractivity contribution in [2.75, 3.05) is 7.11 Å². The molecule has 2 N–H and O–H groups in total. The van der Waals surface area contributed by atoms with E-state index in [0.717, 1.165) is 12.1 Å². The third-order valence-electron chi connectivity index (χ3n) is 4.04. The summed E-state index contributed by atoms with van der Waals surface area (Å²) in [4.78, 5) is 23.0. The number of halogens is 1. The van der Waals surface area contributed by atoms with Crippen molar-refractivity contribution >= 4 is 21.6 Å². The first kappa shape index (κ1) is 20.7. The highest BCUT2D eigenvalue weighted by Gasteiger charge is 2.24. The Morgan fingerprint density at radius 3 is 2.19 bits per heavy atom. The van der Waals surface area contributed by atoms with E-state index < -0.39 is 27.0 Å². The van der Waals surface area contributed by atoms with E-state index in [-0.39, 0.29) is 29.9 Å². The summed E-state index contributed by atoms with van der Waals surface area (Å²) in [6.45, 7) is 0. The minimum atomic E-state index is -3.81. The zero-order valence-corrected chi connectivity index (χ0v) is 15.5. The van der Waals surface area contributed by atoms with E-state index in [1.165, 1.54) is 19.2 Å². The monoisotopic (exact) mass is 393 g/mol. The van der Waals surface area contributed by atoms with Crippen molar-refractivity contribution in [3.63, 3.8) is 0 Å². The van der Waals surface area contributed by atoms with Gasteiger partial charge in [-0.1, -0.05) is 24.3 Å². The number of ether oxygens (including phenoxy) is 1. The second-order valence-electron chi connectivity index (χ2n) is 5.94. The van der Waals surface area contributed by atoms with Crippen molar-refractivity contribution < 1.29 is 27.1 Å². The van der Waals surface area contributed by atoms with Crippen LogP contribution in [0.1, 0.15) is 28.8 Å². The van der Waals surface area contributed by atoms with E-state index in [4.69, 9.17) is 5.73 Å². The fraction of sp³-hybridized carbons (Fsp3) is 0.263. The molecule has 0 aliphatic carbocycles. The molecule has 0 amide bonds. The lowest BCUT2D eigenvalue weighted by Gasteiger charge is -2.13. The zero-order chi connectivity index (χ0) is 20.0. The third-order valence-corrected chi connectivity index (χ3v) is 5.93. The van der Waals surface area contributed by atoms with Gasteiger partial charge in [0.15, 0.2) is 15.6 Å². The van der Waals surface area contributed by atoms with Crippen molar-refractivity contribution in [1.82, 2.24) is 0 Å². The van der Waals surface area contributed by atoms with Gasteiger partial charge in [-0.2, -0.15) is 0 Å². The van der Waals surface area contributed by atoms with Crippen molar-refractivity contribution in [3.05, 3.63) is 65.5 Å². The summed E-state index contributed by atoms with van der Waals surface area (Å²) < 4.78 is 42.4. The average molecular weight is 393 g/mol. The number of ketones is 1. The van der Waals surface area contributed by atoms with E-state index >= 15 is 0 Å². The Hall–Kier alpha value is -2.58. The Kier molecular flexibility index (Phi) is 6.81. The van der Waals surface area contributed by atoms with E-state index in [0.29, 0.717) is 11.1 Å². The van der Waals surface area contributed by atoms with E-state index in [9.17, 15) is 22.4 Å². The average Bonchev–Trinajstić information content (AvgIpc) is 2.66. The van der Waals surface area contributed by atoms with Gasteiger partial charge in [-0.15, -0.1) is 0 Å². The number of hydrogen-bond donors (Lipinski definition) is 1. The predicted molar refractivity (Wildman–Crippen MR) is 97.3 cm³/mol. The van der Waals surface area contributed by atoms with Crippen LogP contribution in [-0.2, 0) is 25.8 Å².